The van der Waals surface area contributed by atoms with Crippen molar-refractivity contribution in [3.63, 3.8) is 0 Å². The highest BCUT2D eigenvalue weighted by molar-refractivity contribution is 5.94. The van der Waals surface area contributed by atoms with E-state index in [1.807, 2.05) is 43.4 Å². The number of nitrogens with two attached hydrogens (primary N) is 1. The summed E-state index contributed by atoms with van der Waals surface area (Å²) in [5.74, 6) is -0.287. The zero-order chi connectivity index (χ0) is 18.4. The van der Waals surface area contributed by atoms with Crippen LogP contribution in [0.25, 0.3) is 11.4 Å². The van der Waals surface area contributed by atoms with E-state index >= 15 is 0 Å². The molecule has 2 aromatic carbocycles. The molecule has 130 valence electrons. The van der Waals surface area contributed by atoms with Gasteiger partial charge in [0.05, 0.1) is 11.4 Å². The van der Waals surface area contributed by atoms with Crippen molar-refractivity contribution in [1.29, 1.82) is 0 Å². The van der Waals surface area contributed by atoms with Gasteiger partial charge in [0.25, 0.3) is 0 Å². The zero-order valence-electron chi connectivity index (χ0n) is 14.4. The number of aliphatic imine (C=N–C) groups is 1. The minimum absolute atomic E-state index is 0.287. The minimum Gasteiger partial charge on any atom is -0.399 e. The number of hydrogen-bond acceptors (Lipinski definition) is 4. The third kappa shape index (κ3) is 4.13. The summed E-state index contributed by atoms with van der Waals surface area (Å²) in [6, 6.07) is 17.5. The quantitative estimate of drug-likeness (QED) is 0.543. The van der Waals surface area contributed by atoms with Crippen LogP contribution in [0.4, 0.5) is 10.1 Å². The summed E-state index contributed by atoms with van der Waals surface area (Å²) >= 11 is 0. The molecule has 0 saturated heterocycles. The molecule has 0 aliphatic heterocycles. The first-order chi connectivity index (χ1) is 12.7. The summed E-state index contributed by atoms with van der Waals surface area (Å²) in [6.45, 7) is 0. The van der Waals surface area contributed by atoms with Crippen LogP contribution in [0.2, 0.25) is 0 Å². The van der Waals surface area contributed by atoms with Crippen LogP contribution in [-0.2, 0) is 0 Å². The Morgan fingerprint density at radius 1 is 0.962 bits per heavy atom. The maximum Gasteiger partial charge on any atom is 0.123 e. The molecule has 0 amide bonds. The van der Waals surface area contributed by atoms with Gasteiger partial charge in [-0.25, -0.2) is 4.39 Å². The lowest BCUT2D eigenvalue weighted by atomic mass is 10.1. The fourth-order valence-electron chi connectivity index (χ4n) is 2.53. The van der Waals surface area contributed by atoms with E-state index in [0.717, 1.165) is 22.4 Å². The van der Waals surface area contributed by atoms with E-state index < -0.39 is 0 Å². The normalized spacial score (nSPS) is 12.1. The third-order valence-electron chi connectivity index (χ3n) is 3.85. The van der Waals surface area contributed by atoms with Gasteiger partial charge in [-0.05, 0) is 54.1 Å². The van der Waals surface area contributed by atoms with Gasteiger partial charge in [-0.1, -0.05) is 12.1 Å². The molecule has 0 saturated carbocycles. The predicted molar refractivity (Wildman–Crippen MR) is 105 cm³/mol. The van der Waals surface area contributed by atoms with E-state index in [2.05, 4.69) is 15.3 Å². The van der Waals surface area contributed by atoms with Crippen LogP contribution < -0.4 is 11.1 Å². The molecule has 0 spiro atoms. The van der Waals surface area contributed by atoms with Crippen molar-refractivity contribution in [2.45, 2.75) is 0 Å². The number of nitrogens with zero attached hydrogens (tertiary/aromatic N) is 2. The lowest BCUT2D eigenvalue weighted by Crippen LogP contribution is -2.07. The summed E-state index contributed by atoms with van der Waals surface area (Å²) in [4.78, 5) is 8.74. The SMILES string of the molecule is CN/C(=C(\N=Cc1ccc(N)cc1)c1ccc(F)cc1)c1ccncc1. The number of benzene rings is 2. The number of hydrogen-bond donors (Lipinski definition) is 2. The second-order valence-electron chi connectivity index (χ2n) is 5.64. The fraction of sp³-hybridized carbons (Fsp3) is 0.0476. The van der Waals surface area contributed by atoms with E-state index in [4.69, 9.17) is 5.73 Å². The lowest BCUT2D eigenvalue weighted by Gasteiger charge is -2.12. The molecule has 0 fully saturated rings. The van der Waals surface area contributed by atoms with Crippen molar-refractivity contribution in [2.75, 3.05) is 12.8 Å². The average Bonchev–Trinajstić information content (AvgIpc) is 2.68. The van der Waals surface area contributed by atoms with Crippen LogP contribution in [0.3, 0.4) is 0 Å². The summed E-state index contributed by atoms with van der Waals surface area (Å²) < 4.78 is 13.4. The molecule has 0 aliphatic carbocycles. The topological polar surface area (TPSA) is 63.3 Å². The van der Waals surface area contributed by atoms with Gasteiger partial charge in [-0.15, -0.1) is 0 Å². The molecule has 1 aromatic heterocycles. The molecule has 26 heavy (non-hydrogen) atoms. The van der Waals surface area contributed by atoms with Crippen molar-refractivity contribution < 1.29 is 4.39 Å². The Bertz CT molecular complexity index is 914. The molecular formula is C21H19FN4. The first-order valence-electron chi connectivity index (χ1n) is 8.15. The Balaban J connectivity index is 2.10. The van der Waals surface area contributed by atoms with Crippen LogP contribution in [-0.4, -0.2) is 18.2 Å². The van der Waals surface area contributed by atoms with E-state index in [9.17, 15) is 4.39 Å². The van der Waals surface area contributed by atoms with Gasteiger partial charge < -0.3 is 11.1 Å². The number of pyridine rings is 1. The number of anilines is 1. The molecule has 0 aliphatic rings. The minimum atomic E-state index is -0.287. The Labute approximate surface area is 151 Å². The van der Waals surface area contributed by atoms with Gasteiger partial charge in [0.1, 0.15) is 5.82 Å². The molecule has 0 atom stereocenters. The van der Waals surface area contributed by atoms with E-state index in [1.54, 1.807) is 30.7 Å². The summed E-state index contributed by atoms with van der Waals surface area (Å²) in [5, 5.41) is 3.20. The Kier molecular flexibility index (Phi) is 5.39. The summed E-state index contributed by atoms with van der Waals surface area (Å²) in [7, 11) is 1.83. The Hall–Kier alpha value is -3.47. The fourth-order valence-corrected chi connectivity index (χ4v) is 2.53. The monoisotopic (exact) mass is 346 g/mol. The van der Waals surface area contributed by atoms with Crippen molar-refractivity contribution in [3.8, 4) is 0 Å². The zero-order valence-corrected chi connectivity index (χ0v) is 14.4. The third-order valence-corrected chi connectivity index (χ3v) is 3.85. The number of nitrogens with one attached hydrogen (secondary N) is 1. The van der Waals surface area contributed by atoms with Crippen molar-refractivity contribution in [2.24, 2.45) is 4.99 Å². The smallest absolute Gasteiger partial charge is 0.123 e. The average molecular weight is 346 g/mol. The number of nitrogen functional groups attached to an aromatic ring is 1. The summed E-state index contributed by atoms with van der Waals surface area (Å²) in [5.41, 5.74) is 10.6. The molecule has 5 heteroatoms. The van der Waals surface area contributed by atoms with Gasteiger partial charge in [0.2, 0.25) is 0 Å². The molecule has 0 unspecified atom stereocenters. The molecule has 0 radical (unpaired) electrons. The van der Waals surface area contributed by atoms with Gasteiger partial charge in [-0.3, -0.25) is 9.98 Å². The Morgan fingerprint density at radius 2 is 1.62 bits per heavy atom. The molecule has 3 N–H and O–H groups in total. The first kappa shape index (κ1) is 17.4. The second kappa shape index (κ2) is 8.07. The first-order valence-corrected chi connectivity index (χ1v) is 8.15. The highest BCUT2D eigenvalue weighted by Crippen LogP contribution is 2.25. The van der Waals surface area contributed by atoms with Crippen molar-refractivity contribution in [1.82, 2.24) is 10.3 Å². The molecular weight excluding hydrogens is 327 g/mol. The second-order valence-corrected chi connectivity index (χ2v) is 5.64. The maximum atomic E-state index is 13.4. The Morgan fingerprint density at radius 3 is 2.23 bits per heavy atom. The van der Waals surface area contributed by atoms with Crippen molar-refractivity contribution in [3.05, 3.63) is 95.6 Å². The maximum absolute atomic E-state index is 13.4. The van der Waals surface area contributed by atoms with Crippen LogP contribution in [0, 0.1) is 5.82 Å². The van der Waals surface area contributed by atoms with E-state index in [0.29, 0.717) is 11.4 Å². The van der Waals surface area contributed by atoms with Crippen LogP contribution in [0.1, 0.15) is 16.7 Å². The standard InChI is InChI=1S/C21H19FN4/c1-24-20(17-10-12-25-13-11-17)21(16-4-6-18(22)7-5-16)26-14-15-2-8-19(23)9-3-15/h2-14,24H,23H2,1H3/b21-20-,26-14?. The van der Waals surface area contributed by atoms with Crippen LogP contribution >= 0.6 is 0 Å². The lowest BCUT2D eigenvalue weighted by molar-refractivity contribution is 0.627. The summed E-state index contributed by atoms with van der Waals surface area (Å²) in [6.07, 6.45) is 5.20. The predicted octanol–water partition coefficient (Wildman–Crippen LogP) is 3.97. The van der Waals surface area contributed by atoms with Gasteiger partial charge in [0.15, 0.2) is 0 Å². The molecule has 3 rings (SSSR count). The number of rotatable bonds is 5. The van der Waals surface area contributed by atoms with Crippen LogP contribution in [0.15, 0.2) is 78.0 Å². The van der Waals surface area contributed by atoms with Gasteiger partial charge >= 0.3 is 0 Å². The van der Waals surface area contributed by atoms with Gasteiger partial charge in [-0.2, -0.15) is 0 Å². The molecule has 3 aromatic rings. The van der Waals surface area contributed by atoms with E-state index in [-0.39, 0.29) is 5.82 Å². The molecule has 1 heterocycles. The highest BCUT2D eigenvalue weighted by Gasteiger charge is 2.10. The molecule has 0 bridgehead atoms. The number of halogens is 1. The van der Waals surface area contributed by atoms with E-state index in [1.165, 1.54) is 12.1 Å². The molecule has 4 nitrogen and oxygen atoms in total. The highest BCUT2D eigenvalue weighted by atomic mass is 19.1. The largest absolute Gasteiger partial charge is 0.399 e. The van der Waals surface area contributed by atoms with Crippen LogP contribution in [0.5, 0.6) is 0 Å². The van der Waals surface area contributed by atoms with Crippen molar-refractivity contribution >= 4 is 23.3 Å². The number of aromatic nitrogens is 1. The van der Waals surface area contributed by atoms with Gasteiger partial charge in [0, 0.05) is 42.5 Å².